The summed E-state index contributed by atoms with van der Waals surface area (Å²) in [5.74, 6) is 0. The number of hydrogen-bond donors (Lipinski definition) is 2. The van der Waals surface area contributed by atoms with Crippen molar-refractivity contribution in [1.82, 2.24) is 0 Å². The molecule has 38 heavy (non-hydrogen) atoms. The molecule has 0 unspecified atom stereocenters. The molecule has 0 saturated heterocycles. The van der Waals surface area contributed by atoms with E-state index in [-0.39, 0.29) is 0 Å². The number of rotatable bonds is 5. The normalized spacial score (nSPS) is 10.9. The molecule has 182 valence electrons. The minimum absolute atomic E-state index is 0.977. The third-order valence-corrected chi connectivity index (χ3v) is 7.54. The van der Waals surface area contributed by atoms with Gasteiger partial charge in [0.25, 0.3) is 0 Å². The van der Waals surface area contributed by atoms with E-state index in [2.05, 4.69) is 147 Å². The van der Waals surface area contributed by atoms with Gasteiger partial charge < -0.3 is 0 Å². The fourth-order valence-electron chi connectivity index (χ4n) is 4.73. The van der Waals surface area contributed by atoms with Crippen LogP contribution in [0.4, 0.5) is 0 Å². The van der Waals surface area contributed by atoms with Crippen LogP contribution >= 0.6 is 25.3 Å². The largest absolute Gasteiger partial charge is 0.143 e. The third-order valence-electron chi connectivity index (χ3n) is 6.94. The molecule has 2 heteroatoms. The van der Waals surface area contributed by atoms with E-state index in [1.807, 2.05) is 24.3 Å². The molecule has 6 aromatic rings. The first-order valence-electron chi connectivity index (χ1n) is 12.6. The Morgan fingerprint density at radius 3 is 0.421 bits per heavy atom. The first-order valence-corrected chi connectivity index (χ1v) is 13.5. The van der Waals surface area contributed by atoms with Crippen molar-refractivity contribution in [3.8, 4) is 55.6 Å². The highest BCUT2D eigenvalue weighted by Gasteiger charge is 2.05. The topological polar surface area (TPSA) is 0 Å². The maximum Gasteiger partial charge on any atom is 0.00404 e. The van der Waals surface area contributed by atoms with Gasteiger partial charge in [0.2, 0.25) is 0 Å². The van der Waals surface area contributed by atoms with Gasteiger partial charge >= 0.3 is 0 Å². The quantitative estimate of drug-likeness (QED) is 0.207. The molecule has 0 saturated carbocycles. The summed E-state index contributed by atoms with van der Waals surface area (Å²) in [5.41, 5.74) is 12.1. The summed E-state index contributed by atoms with van der Waals surface area (Å²) < 4.78 is 0. The molecular formula is C36H26S2. The van der Waals surface area contributed by atoms with Crippen LogP contribution in [0.3, 0.4) is 0 Å². The van der Waals surface area contributed by atoms with Gasteiger partial charge in [-0.05, 0) is 79.9 Å². The fraction of sp³-hybridized carbons (Fsp3) is 0. The lowest BCUT2D eigenvalue weighted by Gasteiger charge is -2.09. The van der Waals surface area contributed by atoms with Crippen molar-refractivity contribution in [3.05, 3.63) is 146 Å². The van der Waals surface area contributed by atoms with E-state index in [1.54, 1.807) is 0 Å². The number of hydrogen-bond acceptors (Lipinski definition) is 2. The van der Waals surface area contributed by atoms with Gasteiger partial charge in [-0.1, -0.05) is 121 Å². The maximum absolute atomic E-state index is 4.38. The molecule has 0 N–H and O–H groups in total. The van der Waals surface area contributed by atoms with Crippen molar-refractivity contribution < 1.29 is 0 Å². The molecule has 6 rings (SSSR count). The Kier molecular flexibility index (Phi) is 6.92. The summed E-state index contributed by atoms with van der Waals surface area (Å²) >= 11 is 8.76. The van der Waals surface area contributed by atoms with Crippen LogP contribution in [0.2, 0.25) is 0 Å². The van der Waals surface area contributed by atoms with Gasteiger partial charge in [-0.3, -0.25) is 0 Å². The molecule has 0 aliphatic rings. The predicted molar refractivity (Wildman–Crippen MR) is 168 cm³/mol. The molecule has 0 heterocycles. The molecule has 0 spiro atoms. The van der Waals surface area contributed by atoms with E-state index in [4.69, 9.17) is 0 Å². The van der Waals surface area contributed by atoms with Crippen LogP contribution < -0.4 is 0 Å². The predicted octanol–water partition coefficient (Wildman–Crippen LogP) is 10.6. The van der Waals surface area contributed by atoms with Gasteiger partial charge in [-0.2, -0.15) is 0 Å². The van der Waals surface area contributed by atoms with Crippen LogP contribution in [0.1, 0.15) is 0 Å². The smallest absolute Gasteiger partial charge is 0.00404 e. The SMILES string of the molecule is Sc1ccc(-c2ccc(-c3ccc(-c4ccc(-c5ccc(-c6ccc(S)cc6)cc5)cc4)cc3)cc2)cc1. The van der Waals surface area contributed by atoms with Crippen molar-refractivity contribution in [2.45, 2.75) is 9.79 Å². The molecule has 6 aromatic carbocycles. The van der Waals surface area contributed by atoms with Crippen molar-refractivity contribution in [3.63, 3.8) is 0 Å². The van der Waals surface area contributed by atoms with Crippen molar-refractivity contribution in [2.75, 3.05) is 0 Å². The molecular weight excluding hydrogens is 497 g/mol. The van der Waals surface area contributed by atoms with Crippen LogP contribution in [-0.4, -0.2) is 0 Å². The van der Waals surface area contributed by atoms with Gasteiger partial charge in [0.1, 0.15) is 0 Å². The van der Waals surface area contributed by atoms with Gasteiger partial charge in [-0.15, -0.1) is 25.3 Å². The van der Waals surface area contributed by atoms with Crippen LogP contribution in [0.5, 0.6) is 0 Å². The Morgan fingerprint density at radius 2 is 0.289 bits per heavy atom. The summed E-state index contributed by atoms with van der Waals surface area (Å²) in [6.45, 7) is 0. The first kappa shape index (κ1) is 24.4. The molecule has 0 bridgehead atoms. The van der Waals surface area contributed by atoms with E-state index in [1.165, 1.54) is 55.6 Å². The van der Waals surface area contributed by atoms with Gasteiger partial charge in [0, 0.05) is 9.79 Å². The molecule has 0 atom stereocenters. The number of thiol groups is 2. The summed E-state index contributed by atoms with van der Waals surface area (Å²) in [7, 11) is 0. The van der Waals surface area contributed by atoms with Gasteiger partial charge in [0.15, 0.2) is 0 Å². The van der Waals surface area contributed by atoms with Crippen LogP contribution in [0.25, 0.3) is 55.6 Å². The average molecular weight is 523 g/mol. The lowest BCUT2D eigenvalue weighted by atomic mass is 9.96. The van der Waals surface area contributed by atoms with Gasteiger partial charge in [-0.25, -0.2) is 0 Å². The first-order chi connectivity index (χ1) is 18.6. The maximum atomic E-state index is 4.38. The highest BCUT2D eigenvalue weighted by atomic mass is 32.1. The second kappa shape index (κ2) is 10.8. The van der Waals surface area contributed by atoms with Gasteiger partial charge in [0.05, 0.1) is 0 Å². The molecule has 0 amide bonds. The zero-order valence-electron chi connectivity index (χ0n) is 20.8. The van der Waals surface area contributed by atoms with E-state index in [0.717, 1.165) is 9.79 Å². The van der Waals surface area contributed by atoms with Crippen LogP contribution in [0.15, 0.2) is 155 Å². The molecule has 0 fully saturated rings. The second-order valence-corrected chi connectivity index (χ2v) is 10.4. The zero-order valence-corrected chi connectivity index (χ0v) is 22.5. The standard InChI is InChI=1S/C36H26S2/c37-35-21-17-33(18-22-35)31-13-9-29(10-14-31)27-5-1-25(2-6-27)26-3-7-28(8-4-26)30-11-15-32(16-12-30)34-19-23-36(38)24-20-34/h1-24,37-38H. The molecule has 0 aliphatic heterocycles. The minimum atomic E-state index is 0.977. The average Bonchev–Trinajstić information content (AvgIpc) is 2.98. The highest BCUT2D eigenvalue weighted by Crippen LogP contribution is 2.30. The summed E-state index contributed by atoms with van der Waals surface area (Å²) in [5, 5.41) is 0. The second-order valence-electron chi connectivity index (χ2n) is 9.40. The Morgan fingerprint density at radius 1 is 0.184 bits per heavy atom. The highest BCUT2D eigenvalue weighted by molar-refractivity contribution is 7.80. The fourth-order valence-corrected chi connectivity index (χ4v) is 5.03. The molecule has 0 nitrogen and oxygen atoms in total. The Bertz CT molecular complexity index is 1510. The Labute approximate surface area is 235 Å². The molecule has 0 aliphatic carbocycles. The minimum Gasteiger partial charge on any atom is -0.143 e. The van der Waals surface area contributed by atoms with Crippen LogP contribution in [-0.2, 0) is 0 Å². The zero-order chi connectivity index (χ0) is 25.9. The van der Waals surface area contributed by atoms with Crippen molar-refractivity contribution in [2.24, 2.45) is 0 Å². The molecule has 0 aromatic heterocycles. The number of benzene rings is 6. The van der Waals surface area contributed by atoms with Crippen LogP contribution in [0, 0.1) is 0 Å². The molecule has 0 radical (unpaired) electrons. The Hall–Kier alpha value is -3.98. The van der Waals surface area contributed by atoms with E-state index in [0.29, 0.717) is 0 Å². The summed E-state index contributed by atoms with van der Waals surface area (Å²) in [6, 6.07) is 51.6. The lowest BCUT2D eigenvalue weighted by molar-refractivity contribution is 1.47. The van der Waals surface area contributed by atoms with Crippen molar-refractivity contribution >= 4 is 25.3 Å². The Balaban J connectivity index is 1.16. The van der Waals surface area contributed by atoms with E-state index >= 15 is 0 Å². The third kappa shape index (κ3) is 5.33. The van der Waals surface area contributed by atoms with Crippen molar-refractivity contribution in [1.29, 1.82) is 0 Å². The monoisotopic (exact) mass is 522 g/mol. The summed E-state index contributed by atoms with van der Waals surface area (Å²) in [4.78, 5) is 1.95. The lowest BCUT2D eigenvalue weighted by Crippen LogP contribution is -1.83. The summed E-state index contributed by atoms with van der Waals surface area (Å²) in [6.07, 6.45) is 0. The van der Waals surface area contributed by atoms with E-state index < -0.39 is 0 Å². The van der Waals surface area contributed by atoms with E-state index in [9.17, 15) is 0 Å².